The second-order valence-electron chi connectivity index (χ2n) is 3.66. The van der Waals surface area contributed by atoms with Gasteiger partial charge < -0.3 is 0 Å². The van der Waals surface area contributed by atoms with Crippen molar-refractivity contribution in [3.8, 4) is 0 Å². The van der Waals surface area contributed by atoms with Crippen molar-refractivity contribution in [2.24, 2.45) is 0 Å². The predicted molar refractivity (Wildman–Crippen MR) is 58.5 cm³/mol. The highest BCUT2D eigenvalue weighted by Gasteiger charge is 2.45. The molecule has 0 N–H and O–H groups in total. The molecule has 0 saturated carbocycles. The van der Waals surface area contributed by atoms with Crippen molar-refractivity contribution < 1.29 is 18.1 Å². The van der Waals surface area contributed by atoms with Gasteiger partial charge in [-0.1, -0.05) is 25.4 Å². The standard InChI is InChI=1S/C9H11ClF3N3O2/c1-3-5(4-2)15-8(10)6(16(17)18)7(14-15)9(11,12)13/h5H,3-4H2,1-2H3. The van der Waals surface area contributed by atoms with Crippen molar-refractivity contribution in [2.75, 3.05) is 0 Å². The molecule has 0 fully saturated rings. The van der Waals surface area contributed by atoms with Gasteiger partial charge in [0, 0.05) is 0 Å². The van der Waals surface area contributed by atoms with Crippen LogP contribution in [0.15, 0.2) is 0 Å². The molecular formula is C9H11ClF3N3O2. The largest absolute Gasteiger partial charge is 0.442 e. The zero-order valence-corrected chi connectivity index (χ0v) is 10.4. The van der Waals surface area contributed by atoms with Gasteiger partial charge in [-0.15, -0.1) is 0 Å². The highest BCUT2D eigenvalue weighted by atomic mass is 35.5. The fourth-order valence-electron chi connectivity index (χ4n) is 1.63. The Kier molecular flexibility index (Phi) is 4.20. The van der Waals surface area contributed by atoms with Crippen LogP contribution in [0.2, 0.25) is 5.15 Å². The molecular weight excluding hydrogens is 275 g/mol. The molecule has 1 aromatic rings. The average Bonchev–Trinajstić information content (AvgIpc) is 2.58. The van der Waals surface area contributed by atoms with Crippen LogP contribution in [0.25, 0.3) is 0 Å². The molecule has 9 heteroatoms. The quantitative estimate of drug-likeness (QED) is 0.624. The van der Waals surface area contributed by atoms with Gasteiger partial charge in [-0.3, -0.25) is 10.1 Å². The molecule has 0 aliphatic heterocycles. The first-order chi connectivity index (χ1) is 8.23. The lowest BCUT2D eigenvalue weighted by Crippen LogP contribution is -2.12. The van der Waals surface area contributed by atoms with Crippen LogP contribution in [0.1, 0.15) is 38.4 Å². The highest BCUT2D eigenvalue weighted by Crippen LogP contribution is 2.40. The van der Waals surface area contributed by atoms with E-state index < -0.39 is 33.7 Å². The van der Waals surface area contributed by atoms with Crippen molar-refractivity contribution in [3.63, 3.8) is 0 Å². The molecule has 1 aromatic heterocycles. The van der Waals surface area contributed by atoms with Crippen molar-refractivity contribution >= 4 is 17.3 Å². The normalized spacial score (nSPS) is 12.2. The number of hydrogen-bond donors (Lipinski definition) is 0. The van der Waals surface area contributed by atoms with Gasteiger partial charge in [0.05, 0.1) is 11.0 Å². The van der Waals surface area contributed by atoms with E-state index >= 15 is 0 Å². The molecule has 0 amide bonds. The van der Waals surface area contributed by atoms with Crippen LogP contribution in [-0.2, 0) is 6.18 Å². The summed E-state index contributed by atoms with van der Waals surface area (Å²) in [4.78, 5) is 9.51. The van der Waals surface area contributed by atoms with Crippen LogP contribution in [0, 0.1) is 10.1 Å². The summed E-state index contributed by atoms with van der Waals surface area (Å²) in [5, 5.41) is 13.3. The molecule has 5 nitrogen and oxygen atoms in total. The molecule has 0 aromatic carbocycles. The summed E-state index contributed by atoms with van der Waals surface area (Å²) in [6, 6.07) is -0.396. The molecule has 0 spiro atoms. The Morgan fingerprint density at radius 2 is 1.94 bits per heavy atom. The smallest absolute Gasteiger partial charge is 0.258 e. The Bertz CT molecular complexity index is 455. The fraction of sp³-hybridized carbons (Fsp3) is 0.667. The number of aromatic nitrogens is 2. The predicted octanol–water partition coefficient (Wildman–Crippen LogP) is 3.82. The summed E-state index contributed by atoms with van der Waals surface area (Å²) in [6.07, 6.45) is -3.94. The van der Waals surface area contributed by atoms with Gasteiger partial charge in [0.1, 0.15) is 0 Å². The van der Waals surface area contributed by atoms with Gasteiger partial charge in [-0.25, -0.2) is 4.68 Å². The molecule has 102 valence electrons. The zero-order chi connectivity index (χ0) is 14.1. The van der Waals surface area contributed by atoms with E-state index in [9.17, 15) is 23.3 Å². The minimum atomic E-state index is -4.90. The maximum atomic E-state index is 12.6. The van der Waals surface area contributed by atoms with Crippen LogP contribution in [-0.4, -0.2) is 14.7 Å². The summed E-state index contributed by atoms with van der Waals surface area (Å²) < 4.78 is 38.8. The van der Waals surface area contributed by atoms with Crippen LogP contribution < -0.4 is 0 Å². The van der Waals surface area contributed by atoms with E-state index in [0.29, 0.717) is 12.8 Å². The first kappa shape index (κ1) is 14.7. The molecule has 0 aliphatic rings. The second-order valence-corrected chi connectivity index (χ2v) is 4.02. The van der Waals surface area contributed by atoms with Gasteiger partial charge in [0.15, 0.2) is 0 Å². The Balaban J connectivity index is 3.46. The van der Waals surface area contributed by atoms with Crippen molar-refractivity contribution in [1.29, 1.82) is 0 Å². The molecule has 18 heavy (non-hydrogen) atoms. The molecule has 0 unspecified atom stereocenters. The van der Waals surface area contributed by atoms with Crippen molar-refractivity contribution in [1.82, 2.24) is 9.78 Å². The Morgan fingerprint density at radius 3 is 2.22 bits per heavy atom. The van der Waals surface area contributed by atoms with Gasteiger partial charge in [0.2, 0.25) is 10.8 Å². The average molecular weight is 286 g/mol. The summed E-state index contributed by atoms with van der Waals surface area (Å²) in [5.41, 5.74) is -2.74. The van der Waals surface area contributed by atoms with E-state index in [-0.39, 0.29) is 0 Å². The van der Waals surface area contributed by atoms with Gasteiger partial charge >= 0.3 is 11.9 Å². The number of nitro groups is 1. The van der Waals surface area contributed by atoms with Crippen molar-refractivity contribution in [2.45, 2.75) is 38.9 Å². The Hall–Kier alpha value is -1.31. The SMILES string of the molecule is CCC(CC)n1nc(C(F)(F)F)c([N+](=O)[O-])c1Cl. The first-order valence-corrected chi connectivity index (χ1v) is 5.61. The number of nitrogens with zero attached hydrogens (tertiary/aromatic N) is 3. The topological polar surface area (TPSA) is 61.0 Å². The minimum Gasteiger partial charge on any atom is -0.258 e. The third kappa shape index (κ3) is 2.58. The van der Waals surface area contributed by atoms with Gasteiger partial charge in [-0.2, -0.15) is 18.3 Å². The van der Waals surface area contributed by atoms with Crippen LogP contribution in [0.5, 0.6) is 0 Å². The Morgan fingerprint density at radius 1 is 1.44 bits per heavy atom. The molecule has 0 saturated heterocycles. The monoisotopic (exact) mass is 285 g/mol. The molecule has 0 radical (unpaired) electrons. The second kappa shape index (κ2) is 5.13. The number of halogens is 4. The lowest BCUT2D eigenvalue weighted by Gasteiger charge is -2.13. The third-order valence-corrected chi connectivity index (χ3v) is 2.92. The molecule has 1 rings (SSSR count). The first-order valence-electron chi connectivity index (χ1n) is 5.23. The van der Waals surface area contributed by atoms with Crippen LogP contribution in [0.3, 0.4) is 0 Å². The summed E-state index contributed by atoms with van der Waals surface area (Å²) in [6.45, 7) is 3.48. The summed E-state index contributed by atoms with van der Waals surface area (Å²) in [7, 11) is 0. The molecule has 0 bridgehead atoms. The number of rotatable bonds is 4. The number of alkyl halides is 3. The highest BCUT2D eigenvalue weighted by molar-refractivity contribution is 6.31. The number of hydrogen-bond acceptors (Lipinski definition) is 3. The van der Waals surface area contributed by atoms with E-state index in [1.54, 1.807) is 13.8 Å². The molecule has 1 heterocycles. The van der Waals surface area contributed by atoms with E-state index in [4.69, 9.17) is 11.6 Å². The summed E-state index contributed by atoms with van der Waals surface area (Å²) >= 11 is 5.64. The van der Waals surface area contributed by atoms with Crippen LogP contribution >= 0.6 is 11.6 Å². The zero-order valence-electron chi connectivity index (χ0n) is 9.66. The summed E-state index contributed by atoms with van der Waals surface area (Å²) in [5.74, 6) is 0. The lowest BCUT2D eigenvalue weighted by atomic mass is 10.2. The van der Waals surface area contributed by atoms with E-state index in [0.717, 1.165) is 4.68 Å². The maximum Gasteiger partial charge on any atom is 0.442 e. The third-order valence-electron chi connectivity index (χ3n) is 2.57. The maximum absolute atomic E-state index is 12.6. The lowest BCUT2D eigenvalue weighted by molar-refractivity contribution is -0.388. The van der Waals surface area contributed by atoms with Crippen molar-refractivity contribution in [3.05, 3.63) is 21.0 Å². The van der Waals surface area contributed by atoms with Crippen LogP contribution in [0.4, 0.5) is 18.9 Å². The molecule has 0 aliphatic carbocycles. The fourth-order valence-corrected chi connectivity index (χ4v) is 1.97. The van der Waals surface area contributed by atoms with Gasteiger partial charge in [0.25, 0.3) is 0 Å². The van der Waals surface area contributed by atoms with E-state index in [2.05, 4.69) is 5.10 Å². The van der Waals surface area contributed by atoms with Gasteiger partial charge in [-0.05, 0) is 12.8 Å². The van der Waals surface area contributed by atoms with E-state index in [1.165, 1.54) is 0 Å². The molecule has 0 atom stereocenters. The van der Waals surface area contributed by atoms with E-state index in [1.807, 2.05) is 0 Å². The Labute approximate surface area is 106 Å². The minimum absolute atomic E-state index is 0.396.